The van der Waals surface area contributed by atoms with E-state index in [0.717, 1.165) is 61.3 Å². The van der Waals surface area contributed by atoms with E-state index in [-0.39, 0.29) is 0 Å². The number of unbranched alkanes of at least 4 members (excludes halogenated alkanes) is 1. The number of oxazole rings is 1. The molecular weight excluding hydrogens is 496 g/mol. The van der Waals surface area contributed by atoms with Crippen LogP contribution in [0, 0.1) is 0 Å². The van der Waals surface area contributed by atoms with Crippen LogP contribution in [0.2, 0.25) is 5.02 Å². The molecule has 0 bridgehead atoms. The smallest absolute Gasteiger partial charge is 0.406 e. The molecule has 1 aliphatic heterocycles. The van der Waals surface area contributed by atoms with Crippen LogP contribution in [0.5, 0.6) is 0 Å². The summed E-state index contributed by atoms with van der Waals surface area (Å²) in [5, 5.41) is 1.43. The predicted molar refractivity (Wildman–Crippen MR) is 137 cm³/mol. The van der Waals surface area contributed by atoms with Gasteiger partial charge in [-0.15, -0.1) is 11.3 Å². The summed E-state index contributed by atoms with van der Waals surface area (Å²) in [5.41, 5.74) is 2.26. The molecule has 5 rings (SSSR count). The SMILES string of the molecule is O=c1[nH]c2cccc(N3CCN(CCCCNS(=O)(=O)c4cc5cc(Cl)ccc5s4)CC3)c2o1. The third-order valence-electron chi connectivity index (χ3n) is 6.05. The third kappa shape index (κ3) is 5.01. The van der Waals surface area contributed by atoms with Crippen molar-refractivity contribution in [2.45, 2.75) is 17.1 Å². The molecule has 0 unspecified atom stereocenters. The summed E-state index contributed by atoms with van der Waals surface area (Å²) in [4.78, 5) is 18.9. The molecule has 180 valence electrons. The molecule has 0 aliphatic carbocycles. The molecule has 11 heteroatoms. The van der Waals surface area contributed by atoms with E-state index in [4.69, 9.17) is 16.0 Å². The zero-order chi connectivity index (χ0) is 23.7. The minimum Gasteiger partial charge on any atom is -0.406 e. The van der Waals surface area contributed by atoms with Gasteiger partial charge in [0.25, 0.3) is 0 Å². The number of fused-ring (bicyclic) bond motifs is 2. The van der Waals surface area contributed by atoms with Crippen molar-refractivity contribution >= 4 is 59.8 Å². The minimum atomic E-state index is -3.52. The zero-order valence-corrected chi connectivity index (χ0v) is 20.8. The summed E-state index contributed by atoms with van der Waals surface area (Å²) in [5.74, 6) is -0.437. The van der Waals surface area contributed by atoms with Crippen LogP contribution >= 0.6 is 22.9 Å². The number of benzene rings is 2. The van der Waals surface area contributed by atoms with E-state index >= 15 is 0 Å². The lowest BCUT2D eigenvalue weighted by Crippen LogP contribution is -2.46. The molecule has 2 N–H and O–H groups in total. The Hall–Kier alpha value is -2.37. The monoisotopic (exact) mass is 520 g/mol. The van der Waals surface area contributed by atoms with Gasteiger partial charge < -0.3 is 9.32 Å². The van der Waals surface area contributed by atoms with Gasteiger partial charge in [-0.1, -0.05) is 17.7 Å². The van der Waals surface area contributed by atoms with E-state index in [9.17, 15) is 13.2 Å². The van der Waals surface area contributed by atoms with Gasteiger partial charge in [-0.3, -0.25) is 9.88 Å². The van der Waals surface area contributed by atoms with Crippen LogP contribution in [0.1, 0.15) is 12.8 Å². The molecule has 0 amide bonds. The van der Waals surface area contributed by atoms with E-state index in [1.54, 1.807) is 18.2 Å². The van der Waals surface area contributed by atoms with Crippen LogP contribution in [0.3, 0.4) is 0 Å². The van der Waals surface area contributed by atoms with Gasteiger partial charge in [0, 0.05) is 42.4 Å². The van der Waals surface area contributed by atoms with Crippen LogP contribution < -0.4 is 15.4 Å². The van der Waals surface area contributed by atoms with E-state index in [1.165, 1.54) is 11.3 Å². The number of para-hydroxylation sites is 1. The largest absolute Gasteiger partial charge is 0.417 e. The van der Waals surface area contributed by atoms with Crippen molar-refractivity contribution in [2.75, 3.05) is 44.2 Å². The second kappa shape index (κ2) is 9.71. The number of hydrogen-bond donors (Lipinski definition) is 2. The van der Waals surface area contributed by atoms with Crippen molar-refractivity contribution in [1.29, 1.82) is 0 Å². The van der Waals surface area contributed by atoms with Gasteiger partial charge in [-0.25, -0.2) is 17.9 Å². The van der Waals surface area contributed by atoms with Gasteiger partial charge in [0.1, 0.15) is 4.21 Å². The van der Waals surface area contributed by atoms with Gasteiger partial charge in [0.05, 0.1) is 11.2 Å². The Kier molecular flexibility index (Phi) is 6.67. The molecule has 8 nitrogen and oxygen atoms in total. The fourth-order valence-corrected chi connectivity index (χ4v) is 6.96. The van der Waals surface area contributed by atoms with Gasteiger partial charge in [0.2, 0.25) is 10.0 Å². The summed E-state index contributed by atoms with van der Waals surface area (Å²) in [6, 6.07) is 12.8. The van der Waals surface area contributed by atoms with Gasteiger partial charge in [-0.2, -0.15) is 0 Å². The highest BCUT2D eigenvalue weighted by molar-refractivity contribution is 7.91. The topological polar surface area (TPSA) is 98.6 Å². The van der Waals surface area contributed by atoms with Crippen LogP contribution in [0.15, 0.2) is 55.9 Å². The number of nitrogens with one attached hydrogen (secondary N) is 2. The Morgan fingerprint density at radius 2 is 1.91 bits per heavy atom. The van der Waals surface area contributed by atoms with Crippen LogP contribution in [0.25, 0.3) is 21.2 Å². The lowest BCUT2D eigenvalue weighted by atomic mass is 10.2. The molecule has 1 aliphatic rings. The molecule has 34 heavy (non-hydrogen) atoms. The van der Waals surface area contributed by atoms with Crippen molar-refractivity contribution in [2.24, 2.45) is 0 Å². The van der Waals surface area contributed by atoms with Crippen molar-refractivity contribution in [3.05, 3.63) is 58.0 Å². The molecule has 2 aromatic carbocycles. The number of H-pyrrole nitrogens is 1. The molecule has 0 spiro atoms. The average Bonchev–Trinajstić information content (AvgIpc) is 3.42. The Balaban J connectivity index is 1.07. The molecule has 3 heterocycles. The lowest BCUT2D eigenvalue weighted by molar-refractivity contribution is 0.253. The molecular formula is C23H25ClN4O4S2. The van der Waals surface area contributed by atoms with Crippen molar-refractivity contribution in [3.8, 4) is 0 Å². The molecule has 0 saturated carbocycles. The maximum Gasteiger partial charge on any atom is 0.417 e. The standard InChI is InChI=1S/C23H25ClN4O4S2/c24-17-6-7-20-16(14-17)15-21(33-20)34(30,31)25-8-1-2-9-27-10-12-28(13-11-27)19-5-3-4-18-22(19)32-23(29)26-18/h3-7,14-15,25H,1-2,8-13H2,(H,26,29). The number of sulfonamides is 1. The third-order valence-corrected chi connectivity index (χ3v) is 9.34. The summed E-state index contributed by atoms with van der Waals surface area (Å²) >= 11 is 7.26. The quantitative estimate of drug-likeness (QED) is 0.342. The van der Waals surface area contributed by atoms with Gasteiger partial charge >= 0.3 is 5.76 Å². The number of aromatic amines is 1. The number of rotatable bonds is 8. The Labute approximate surface area is 206 Å². The zero-order valence-electron chi connectivity index (χ0n) is 18.4. The minimum absolute atomic E-state index is 0.314. The summed E-state index contributed by atoms with van der Waals surface area (Å²) < 4.78 is 34.5. The van der Waals surface area contributed by atoms with Crippen LogP contribution in [-0.4, -0.2) is 57.6 Å². The fraction of sp³-hybridized carbons (Fsp3) is 0.348. The number of hydrogen-bond acceptors (Lipinski definition) is 7. The van der Waals surface area contributed by atoms with E-state index in [2.05, 4.69) is 19.5 Å². The molecule has 1 saturated heterocycles. The lowest BCUT2D eigenvalue weighted by Gasteiger charge is -2.36. The van der Waals surface area contributed by atoms with Crippen LogP contribution in [-0.2, 0) is 10.0 Å². The maximum absolute atomic E-state index is 12.6. The first-order valence-electron chi connectivity index (χ1n) is 11.2. The van der Waals surface area contributed by atoms with Crippen molar-refractivity contribution in [1.82, 2.24) is 14.6 Å². The predicted octanol–water partition coefficient (Wildman–Crippen LogP) is 3.87. The Morgan fingerprint density at radius 3 is 2.74 bits per heavy atom. The number of anilines is 1. The number of thiophene rings is 1. The van der Waals surface area contributed by atoms with Gasteiger partial charge in [0.15, 0.2) is 5.58 Å². The summed E-state index contributed by atoms with van der Waals surface area (Å²) in [6.45, 7) is 4.82. The molecule has 0 radical (unpaired) electrons. The van der Waals surface area contributed by atoms with Crippen LogP contribution in [0.4, 0.5) is 5.69 Å². The maximum atomic E-state index is 12.6. The number of halogens is 1. The second-order valence-corrected chi connectivity index (χ2v) is 11.9. The molecule has 0 atom stereocenters. The van der Waals surface area contributed by atoms with Gasteiger partial charge in [-0.05, 0) is 61.2 Å². The highest BCUT2D eigenvalue weighted by atomic mass is 35.5. The molecule has 1 fully saturated rings. The fourth-order valence-electron chi connectivity index (χ4n) is 4.28. The summed E-state index contributed by atoms with van der Waals surface area (Å²) in [6.07, 6.45) is 1.68. The average molecular weight is 521 g/mol. The van der Waals surface area contributed by atoms with E-state index in [0.29, 0.717) is 26.9 Å². The van der Waals surface area contributed by atoms with E-state index < -0.39 is 15.8 Å². The first-order valence-corrected chi connectivity index (χ1v) is 13.8. The van der Waals surface area contributed by atoms with Crippen molar-refractivity contribution in [3.63, 3.8) is 0 Å². The normalized spacial score (nSPS) is 15.5. The molecule has 4 aromatic rings. The Morgan fingerprint density at radius 1 is 1.09 bits per heavy atom. The number of piperazine rings is 1. The first-order chi connectivity index (χ1) is 16.4. The highest BCUT2D eigenvalue weighted by Gasteiger charge is 2.21. The Bertz CT molecular complexity index is 1470. The second-order valence-electron chi connectivity index (χ2n) is 8.35. The molecule has 2 aromatic heterocycles. The highest BCUT2D eigenvalue weighted by Crippen LogP contribution is 2.31. The number of aromatic nitrogens is 1. The summed E-state index contributed by atoms with van der Waals surface area (Å²) in [7, 11) is -3.52. The van der Waals surface area contributed by atoms with E-state index in [1.807, 2.05) is 24.3 Å². The van der Waals surface area contributed by atoms with Crippen molar-refractivity contribution < 1.29 is 12.8 Å². The number of nitrogens with zero attached hydrogens (tertiary/aromatic N) is 2. The first kappa shape index (κ1) is 23.4.